The van der Waals surface area contributed by atoms with Crippen LogP contribution in [0.15, 0.2) is 170 Å². The minimum Gasteiger partial charge on any atom is -0.0591 e. The molecule has 0 saturated heterocycles. The molecule has 0 radical (unpaired) electrons. The summed E-state index contributed by atoms with van der Waals surface area (Å²) in [5, 5.41) is 0. The lowest BCUT2D eigenvalue weighted by atomic mass is 9.85. The topological polar surface area (TPSA) is 0 Å². The van der Waals surface area contributed by atoms with Crippen LogP contribution in [0.4, 0.5) is 0 Å². The molecule has 7 aromatic rings. The van der Waals surface area contributed by atoms with E-state index in [0.29, 0.717) is 5.92 Å². The molecule has 0 heterocycles. The number of aryl methyl sites for hydroxylation is 3. The highest BCUT2D eigenvalue weighted by molar-refractivity contribution is 5.74. The lowest BCUT2D eigenvalue weighted by Gasteiger charge is -2.19. The second kappa shape index (κ2) is 16.4. The van der Waals surface area contributed by atoms with Crippen molar-refractivity contribution in [2.24, 2.45) is 0 Å². The van der Waals surface area contributed by atoms with Crippen molar-refractivity contribution in [2.75, 3.05) is 0 Å². The molecule has 0 bridgehead atoms. The van der Waals surface area contributed by atoms with Crippen molar-refractivity contribution in [3.8, 4) is 11.1 Å². The summed E-state index contributed by atoms with van der Waals surface area (Å²) in [6.07, 6.45) is 10.7. The molecule has 0 saturated carbocycles. The predicted octanol–water partition coefficient (Wildman–Crippen LogP) is 13.6. The molecule has 0 aliphatic carbocycles. The van der Waals surface area contributed by atoms with Gasteiger partial charge in [-0.3, -0.25) is 0 Å². The zero-order chi connectivity index (χ0) is 35.7. The van der Waals surface area contributed by atoms with Gasteiger partial charge >= 0.3 is 0 Å². The summed E-state index contributed by atoms with van der Waals surface area (Å²) in [7, 11) is 0. The van der Waals surface area contributed by atoms with Crippen LogP contribution in [0.25, 0.3) is 35.4 Å². The van der Waals surface area contributed by atoms with Crippen molar-refractivity contribution in [2.45, 2.75) is 39.5 Å². The molecule has 0 nitrogen and oxygen atoms in total. The van der Waals surface area contributed by atoms with Crippen LogP contribution in [0.2, 0.25) is 0 Å². The summed E-state index contributed by atoms with van der Waals surface area (Å²) in [5.41, 5.74) is 17.9. The first kappa shape index (κ1) is 34.5. The molecule has 7 rings (SSSR count). The Kier molecular flexibility index (Phi) is 10.8. The maximum atomic E-state index is 2.30. The molecular weight excluding hydrogens is 625 g/mol. The smallest absolute Gasteiger partial charge is 0.0130 e. The first-order chi connectivity index (χ1) is 25.4. The standard InChI is InChI=1S/C52H46/c1-38-4-10-45(11-5-38)36-46-20-18-41(19-21-46)14-15-42-22-30-48(31-23-42)49-32-24-43(25-33-49)16-17-44-26-34-51(35-27-44)52(50-28-8-40(3)9-29-50)37-47-12-6-39(2)7-13-47/h4-35,52H,36-37H2,1-3H3/b15-14+,17-16+. The van der Waals surface area contributed by atoms with Crippen LogP contribution < -0.4 is 0 Å². The van der Waals surface area contributed by atoms with Gasteiger partial charge in [-0.2, -0.15) is 0 Å². The second-order valence-corrected chi connectivity index (χ2v) is 14.1. The van der Waals surface area contributed by atoms with Gasteiger partial charge in [-0.1, -0.05) is 211 Å². The van der Waals surface area contributed by atoms with Gasteiger partial charge < -0.3 is 0 Å². The zero-order valence-electron chi connectivity index (χ0n) is 30.5. The van der Waals surface area contributed by atoms with Crippen molar-refractivity contribution < 1.29 is 0 Å². The second-order valence-electron chi connectivity index (χ2n) is 14.1. The molecular formula is C52H46. The van der Waals surface area contributed by atoms with Crippen LogP contribution >= 0.6 is 0 Å². The number of rotatable bonds is 11. The zero-order valence-corrected chi connectivity index (χ0v) is 30.5. The van der Waals surface area contributed by atoms with E-state index >= 15 is 0 Å². The Morgan fingerprint density at radius 3 is 1.02 bits per heavy atom. The van der Waals surface area contributed by atoms with Gasteiger partial charge in [0.1, 0.15) is 0 Å². The monoisotopic (exact) mass is 670 g/mol. The average molecular weight is 671 g/mol. The number of hydrogen-bond donors (Lipinski definition) is 0. The van der Waals surface area contributed by atoms with Crippen LogP contribution in [0.5, 0.6) is 0 Å². The molecule has 1 unspecified atom stereocenters. The maximum Gasteiger partial charge on any atom is 0.0130 e. The first-order valence-corrected chi connectivity index (χ1v) is 18.4. The Morgan fingerprint density at radius 1 is 0.327 bits per heavy atom. The van der Waals surface area contributed by atoms with E-state index in [2.05, 4.69) is 215 Å². The molecule has 52 heavy (non-hydrogen) atoms. The van der Waals surface area contributed by atoms with Crippen LogP contribution in [-0.4, -0.2) is 0 Å². The van der Waals surface area contributed by atoms with E-state index in [0.717, 1.165) is 12.8 Å². The average Bonchev–Trinajstić information content (AvgIpc) is 3.19. The lowest BCUT2D eigenvalue weighted by Crippen LogP contribution is -2.05. The highest BCUT2D eigenvalue weighted by atomic mass is 14.2. The third-order valence-corrected chi connectivity index (χ3v) is 9.98. The van der Waals surface area contributed by atoms with Gasteiger partial charge in [0.25, 0.3) is 0 Å². The fourth-order valence-corrected chi connectivity index (χ4v) is 6.67. The molecule has 0 N–H and O–H groups in total. The molecule has 0 aliphatic heterocycles. The van der Waals surface area contributed by atoms with Crippen molar-refractivity contribution in [3.05, 3.63) is 237 Å². The summed E-state index contributed by atoms with van der Waals surface area (Å²) in [6, 6.07) is 62.3. The third kappa shape index (κ3) is 9.22. The van der Waals surface area contributed by atoms with Crippen LogP contribution in [0.1, 0.15) is 72.7 Å². The Morgan fingerprint density at radius 2 is 0.615 bits per heavy atom. The first-order valence-electron chi connectivity index (χ1n) is 18.4. The summed E-state index contributed by atoms with van der Waals surface area (Å²) in [4.78, 5) is 0. The van der Waals surface area contributed by atoms with Gasteiger partial charge in [0, 0.05) is 5.92 Å². The molecule has 254 valence electrons. The summed E-state index contributed by atoms with van der Waals surface area (Å²) < 4.78 is 0. The fraction of sp³-hybridized carbons (Fsp3) is 0.115. The van der Waals surface area contributed by atoms with Crippen molar-refractivity contribution in [1.29, 1.82) is 0 Å². The van der Waals surface area contributed by atoms with Gasteiger partial charge in [0.15, 0.2) is 0 Å². The molecule has 0 spiro atoms. The van der Waals surface area contributed by atoms with Crippen LogP contribution in [0, 0.1) is 20.8 Å². The lowest BCUT2D eigenvalue weighted by molar-refractivity contribution is 0.804. The highest BCUT2D eigenvalue weighted by Gasteiger charge is 2.15. The quantitative estimate of drug-likeness (QED) is 0.120. The third-order valence-electron chi connectivity index (χ3n) is 9.98. The number of hydrogen-bond acceptors (Lipinski definition) is 0. The normalized spacial score (nSPS) is 12.1. The Hall–Kier alpha value is -5.98. The van der Waals surface area contributed by atoms with Crippen LogP contribution in [-0.2, 0) is 12.8 Å². The number of benzene rings is 7. The molecule has 0 aliphatic rings. The van der Waals surface area contributed by atoms with E-state index in [9.17, 15) is 0 Å². The van der Waals surface area contributed by atoms with E-state index in [1.54, 1.807) is 0 Å². The van der Waals surface area contributed by atoms with Gasteiger partial charge in [-0.05, 0) is 94.8 Å². The van der Waals surface area contributed by atoms with Gasteiger partial charge in [-0.15, -0.1) is 0 Å². The van der Waals surface area contributed by atoms with E-state index < -0.39 is 0 Å². The summed E-state index contributed by atoms with van der Waals surface area (Å²) in [6.45, 7) is 6.43. The largest absolute Gasteiger partial charge is 0.0591 e. The van der Waals surface area contributed by atoms with Crippen molar-refractivity contribution in [1.82, 2.24) is 0 Å². The van der Waals surface area contributed by atoms with Gasteiger partial charge in [0.2, 0.25) is 0 Å². The van der Waals surface area contributed by atoms with E-state index in [1.165, 1.54) is 77.9 Å². The Labute approximate surface area is 310 Å². The van der Waals surface area contributed by atoms with Gasteiger partial charge in [-0.25, -0.2) is 0 Å². The molecule has 0 aromatic heterocycles. The van der Waals surface area contributed by atoms with E-state index in [-0.39, 0.29) is 0 Å². The minimum absolute atomic E-state index is 0.311. The molecule has 0 amide bonds. The van der Waals surface area contributed by atoms with Gasteiger partial charge in [0.05, 0.1) is 0 Å². The van der Waals surface area contributed by atoms with E-state index in [1.807, 2.05) is 0 Å². The predicted molar refractivity (Wildman–Crippen MR) is 225 cm³/mol. The fourth-order valence-electron chi connectivity index (χ4n) is 6.67. The molecule has 7 aromatic carbocycles. The Bertz CT molecular complexity index is 2230. The van der Waals surface area contributed by atoms with Crippen molar-refractivity contribution in [3.63, 3.8) is 0 Å². The summed E-state index contributed by atoms with van der Waals surface area (Å²) >= 11 is 0. The Balaban J connectivity index is 0.960. The molecule has 0 heteroatoms. The molecule has 1 atom stereocenters. The van der Waals surface area contributed by atoms with E-state index in [4.69, 9.17) is 0 Å². The molecule has 0 fully saturated rings. The minimum atomic E-state index is 0.311. The van der Waals surface area contributed by atoms with Crippen molar-refractivity contribution >= 4 is 24.3 Å². The highest BCUT2D eigenvalue weighted by Crippen LogP contribution is 2.30. The SMILES string of the molecule is Cc1ccc(Cc2ccc(/C=C/c3ccc(-c4ccc(/C=C/c5ccc(C(Cc6ccc(C)cc6)c6ccc(C)cc6)cc5)cc4)cc3)cc2)cc1. The summed E-state index contributed by atoms with van der Waals surface area (Å²) in [5.74, 6) is 0.311. The van der Waals surface area contributed by atoms with Crippen LogP contribution in [0.3, 0.4) is 0 Å². The maximum absolute atomic E-state index is 2.30.